The van der Waals surface area contributed by atoms with Crippen LogP contribution in [0.5, 0.6) is 0 Å². The highest BCUT2D eigenvalue weighted by atomic mass is 32.2. The van der Waals surface area contributed by atoms with Crippen molar-refractivity contribution < 1.29 is 13.2 Å². The first kappa shape index (κ1) is 14.1. The van der Waals surface area contributed by atoms with Crippen molar-refractivity contribution in [3.8, 4) is 0 Å². The molecule has 7 heteroatoms. The summed E-state index contributed by atoms with van der Waals surface area (Å²) in [4.78, 5) is 11.4. The zero-order valence-electron chi connectivity index (χ0n) is 10.8. The highest BCUT2D eigenvalue weighted by molar-refractivity contribution is 8.15. The maximum atomic E-state index is 12.1. The van der Waals surface area contributed by atoms with Gasteiger partial charge in [-0.05, 0) is 38.5 Å². The number of ketones is 1. The molecule has 0 amide bonds. The lowest BCUT2D eigenvalue weighted by atomic mass is 10.2. The molecule has 1 aliphatic rings. The van der Waals surface area contributed by atoms with Crippen LogP contribution < -0.4 is 5.32 Å². The molecule has 0 saturated heterocycles. The number of Topliss-reactive ketones (excluding diaryl/α,β-unsaturated/α-hetero) is 1. The Morgan fingerprint density at radius 3 is 2.74 bits per heavy atom. The van der Waals surface area contributed by atoms with E-state index in [2.05, 4.69) is 9.71 Å². The number of benzene rings is 1. The molecular weight excluding hydrogens is 284 g/mol. The Bertz CT molecular complexity index is 666. The van der Waals surface area contributed by atoms with Crippen LogP contribution in [0.25, 0.3) is 0 Å². The fourth-order valence-electron chi connectivity index (χ4n) is 1.54. The average Bonchev–Trinajstić information content (AvgIpc) is 2.29. The summed E-state index contributed by atoms with van der Waals surface area (Å²) in [6.07, 6.45) is 0. The van der Waals surface area contributed by atoms with E-state index in [9.17, 15) is 13.2 Å². The fraction of sp³-hybridized carbons (Fsp3) is 0.333. The molecular formula is C12H14N2O3S2. The second-order valence-electron chi connectivity index (χ2n) is 4.37. The second-order valence-corrected chi connectivity index (χ2v) is 7.27. The van der Waals surface area contributed by atoms with E-state index >= 15 is 0 Å². The van der Waals surface area contributed by atoms with Crippen LogP contribution in [0.4, 0.5) is 5.69 Å². The molecule has 1 N–H and O–H groups in total. The van der Waals surface area contributed by atoms with Crippen molar-refractivity contribution in [3.63, 3.8) is 0 Å². The van der Waals surface area contributed by atoms with Gasteiger partial charge in [-0.1, -0.05) is 17.8 Å². The maximum absolute atomic E-state index is 12.1. The summed E-state index contributed by atoms with van der Waals surface area (Å²) in [5.74, 6) is -0.0263. The molecule has 0 spiro atoms. The maximum Gasteiger partial charge on any atom is 0.286 e. The zero-order valence-corrected chi connectivity index (χ0v) is 12.4. The highest BCUT2D eigenvalue weighted by Gasteiger charge is 2.26. The molecule has 1 unspecified atom stereocenters. The lowest BCUT2D eigenvalue weighted by molar-refractivity contribution is -0.116. The summed E-state index contributed by atoms with van der Waals surface area (Å²) in [7, 11) is -3.69. The minimum Gasteiger partial charge on any atom is -0.333 e. The van der Waals surface area contributed by atoms with Gasteiger partial charge in [0.2, 0.25) is 0 Å². The number of thioether (sulfide) groups is 1. The molecule has 0 radical (unpaired) electrons. The van der Waals surface area contributed by atoms with E-state index in [4.69, 9.17) is 0 Å². The van der Waals surface area contributed by atoms with Crippen LogP contribution in [-0.2, 0) is 14.8 Å². The predicted molar refractivity (Wildman–Crippen MR) is 77.2 cm³/mol. The van der Waals surface area contributed by atoms with Gasteiger partial charge in [0, 0.05) is 0 Å². The average molecular weight is 298 g/mol. The number of carbonyl (C=O) groups is 1. The Morgan fingerprint density at radius 1 is 1.42 bits per heavy atom. The number of aryl methyl sites for hydroxylation is 1. The lowest BCUT2D eigenvalue weighted by Crippen LogP contribution is -2.22. The van der Waals surface area contributed by atoms with Crippen molar-refractivity contribution in [2.45, 2.75) is 30.9 Å². The molecule has 0 fully saturated rings. The third kappa shape index (κ3) is 2.98. The van der Waals surface area contributed by atoms with Gasteiger partial charge in [-0.3, -0.25) is 4.79 Å². The molecule has 1 heterocycles. The van der Waals surface area contributed by atoms with Gasteiger partial charge in [0.25, 0.3) is 10.0 Å². The third-order valence-corrected chi connectivity index (χ3v) is 5.25. The summed E-state index contributed by atoms with van der Waals surface area (Å²) in [6, 6.07) is 5.11. The van der Waals surface area contributed by atoms with E-state index in [1.807, 2.05) is 13.0 Å². The summed E-state index contributed by atoms with van der Waals surface area (Å²) in [5.41, 5.74) is 1.35. The Labute approximate surface area is 116 Å². The number of hydrogen-bond acceptors (Lipinski definition) is 5. The quantitative estimate of drug-likeness (QED) is 0.905. The summed E-state index contributed by atoms with van der Waals surface area (Å²) >= 11 is 1.11. The van der Waals surface area contributed by atoms with Gasteiger partial charge in [0.05, 0.1) is 10.9 Å². The number of carbonyl (C=O) groups excluding carboxylic acids is 1. The van der Waals surface area contributed by atoms with E-state index in [1.165, 1.54) is 6.92 Å². The van der Waals surface area contributed by atoms with Gasteiger partial charge in [-0.15, -0.1) is 4.40 Å². The van der Waals surface area contributed by atoms with E-state index < -0.39 is 10.0 Å². The molecule has 0 aliphatic carbocycles. The summed E-state index contributed by atoms with van der Waals surface area (Å²) in [5, 5.41) is 2.84. The van der Waals surface area contributed by atoms with Crippen LogP contribution in [0.2, 0.25) is 0 Å². The van der Waals surface area contributed by atoms with Crippen molar-refractivity contribution in [1.82, 2.24) is 0 Å². The molecule has 1 aromatic rings. The van der Waals surface area contributed by atoms with Crippen LogP contribution in [0.15, 0.2) is 27.5 Å². The summed E-state index contributed by atoms with van der Waals surface area (Å²) < 4.78 is 27.8. The topological polar surface area (TPSA) is 75.6 Å². The smallest absolute Gasteiger partial charge is 0.286 e. The second kappa shape index (κ2) is 4.97. The van der Waals surface area contributed by atoms with Crippen molar-refractivity contribution >= 4 is 38.4 Å². The monoisotopic (exact) mass is 298 g/mol. The molecule has 0 bridgehead atoms. The minimum absolute atomic E-state index is 0.0263. The van der Waals surface area contributed by atoms with Crippen LogP contribution >= 0.6 is 11.8 Å². The van der Waals surface area contributed by atoms with Gasteiger partial charge < -0.3 is 5.32 Å². The molecule has 102 valence electrons. The number of fused-ring (bicyclic) bond motifs is 1. The number of anilines is 1. The predicted octanol–water partition coefficient (Wildman–Crippen LogP) is 2.18. The number of hydrogen-bond donors (Lipinski definition) is 1. The SMILES string of the molecule is CC(=O)C(C)SC1=NS(=O)(=O)c2cc(C)ccc2N1. The number of nitrogens with zero attached hydrogens (tertiary/aromatic N) is 1. The Morgan fingerprint density at radius 2 is 2.11 bits per heavy atom. The molecule has 1 aliphatic heterocycles. The van der Waals surface area contributed by atoms with Crippen LogP contribution in [-0.4, -0.2) is 24.6 Å². The number of rotatable bonds is 2. The summed E-state index contributed by atoms with van der Waals surface area (Å²) in [6.45, 7) is 5.00. The van der Waals surface area contributed by atoms with Gasteiger partial charge >= 0.3 is 0 Å². The van der Waals surface area contributed by atoms with E-state index in [0.29, 0.717) is 5.69 Å². The fourth-order valence-corrected chi connectivity index (χ4v) is 3.77. The molecule has 19 heavy (non-hydrogen) atoms. The normalized spacial score (nSPS) is 17.9. The molecule has 0 saturated carbocycles. The number of sulfonamides is 1. The third-order valence-electron chi connectivity index (χ3n) is 2.72. The van der Waals surface area contributed by atoms with Crippen molar-refractivity contribution in [1.29, 1.82) is 0 Å². The first-order valence-corrected chi connectivity index (χ1v) is 8.01. The minimum atomic E-state index is -3.69. The first-order chi connectivity index (χ1) is 8.79. The molecule has 0 aromatic heterocycles. The Kier molecular flexibility index (Phi) is 3.69. The van der Waals surface area contributed by atoms with E-state index in [-0.39, 0.29) is 21.1 Å². The van der Waals surface area contributed by atoms with Crippen molar-refractivity contribution in [3.05, 3.63) is 23.8 Å². The van der Waals surface area contributed by atoms with Crippen LogP contribution in [0, 0.1) is 6.92 Å². The molecule has 2 rings (SSSR count). The molecule has 1 aromatic carbocycles. The lowest BCUT2D eigenvalue weighted by Gasteiger charge is -2.19. The van der Waals surface area contributed by atoms with Crippen molar-refractivity contribution in [2.24, 2.45) is 4.40 Å². The van der Waals surface area contributed by atoms with Crippen LogP contribution in [0.3, 0.4) is 0 Å². The van der Waals surface area contributed by atoms with Crippen molar-refractivity contribution in [2.75, 3.05) is 5.32 Å². The van der Waals surface area contributed by atoms with Gasteiger partial charge in [-0.25, -0.2) is 0 Å². The number of nitrogens with one attached hydrogen (secondary N) is 1. The Balaban J connectivity index is 2.37. The molecule has 1 atom stereocenters. The zero-order chi connectivity index (χ0) is 14.2. The van der Waals surface area contributed by atoms with E-state index in [1.54, 1.807) is 19.1 Å². The highest BCUT2D eigenvalue weighted by Crippen LogP contribution is 2.31. The van der Waals surface area contributed by atoms with E-state index in [0.717, 1.165) is 17.3 Å². The van der Waals surface area contributed by atoms with Crippen LogP contribution in [0.1, 0.15) is 19.4 Å². The Hall–Kier alpha value is -1.34. The van der Waals surface area contributed by atoms with Gasteiger partial charge in [0.15, 0.2) is 5.17 Å². The van der Waals surface area contributed by atoms with Gasteiger partial charge in [0.1, 0.15) is 10.7 Å². The molecule has 5 nitrogen and oxygen atoms in total. The largest absolute Gasteiger partial charge is 0.333 e. The number of amidine groups is 1. The van der Waals surface area contributed by atoms with Gasteiger partial charge in [-0.2, -0.15) is 8.42 Å². The standard InChI is InChI=1S/C12H14N2O3S2/c1-7-4-5-10-11(6-7)19(16,17)14-12(13-10)18-9(3)8(2)15/h4-6,9H,1-3H3,(H,13,14). The first-order valence-electron chi connectivity index (χ1n) is 5.69.